The molecule has 0 saturated heterocycles. The van der Waals surface area contributed by atoms with Gasteiger partial charge >= 0.3 is 0 Å². The summed E-state index contributed by atoms with van der Waals surface area (Å²) in [5, 5.41) is 2.71. The molecule has 0 bridgehead atoms. The average molecular weight is 213 g/mol. The van der Waals surface area contributed by atoms with Crippen LogP contribution in [-0.4, -0.2) is 38.9 Å². The molecule has 0 rings (SSSR count). The number of ether oxygens (including phenoxy) is 2. The molecule has 15 heavy (non-hydrogen) atoms. The molecular formula is C11H19NO3. The molecule has 0 aliphatic heterocycles. The number of terminal acetylenes is 1. The smallest absolute Gasteiger partial charge is 0.221 e. The van der Waals surface area contributed by atoms with Gasteiger partial charge < -0.3 is 14.8 Å². The number of hydrogen-bond donors (Lipinski definition) is 1. The van der Waals surface area contributed by atoms with E-state index in [-0.39, 0.29) is 5.91 Å². The van der Waals surface area contributed by atoms with E-state index in [4.69, 9.17) is 15.9 Å². The highest BCUT2D eigenvalue weighted by Gasteiger charge is 1.97. The lowest BCUT2D eigenvalue weighted by atomic mass is 10.3. The molecule has 0 heterocycles. The molecule has 0 aromatic rings. The SMILES string of the molecule is C#CCCC(=O)NCCOCCOCC. The number of hydrogen-bond acceptors (Lipinski definition) is 3. The lowest BCUT2D eigenvalue weighted by molar-refractivity contribution is -0.121. The zero-order chi connectivity index (χ0) is 11.4. The van der Waals surface area contributed by atoms with Gasteiger partial charge in [0.15, 0.2) is 0 Å². The molecule has 0 aromatic heterocycles. The highest BCUT2D eigenvalue weighted by Crippen LogP contribution is 1.85. The lowest BCUT2D eigenvalue weighted by Gasteiger charge is -2.05. The maximum absolute atomic E-state index is 11.1. The molecule has 0 atom stereocenters. The molecule has 1 N–H and O–H groups in total. The molecule has 0 fully saturated rings. The van der Waals surface area contributed by atoms with Gasteiger partial charge in [0.1, 0.15) is 0 Å². The molecule has 86 valence electrons. The minimum absolute atomic E-state index is 0.0265. The van der Waals surface area contributed by atoms with Crippen LogP contribution in [0.3, 0.4) is 0 Å². The zero-order valence-electron chi connectivity index (χ0n) is 9.25. The quantitative estimate of drug-likeness (QED) is 0.450. The third-order valence-corrected chi connectivity index (χ3v) is 1.64. The summed E-state index contributed by atoms with van der Waals surface area (Å²) in [5.41, 5.74) is 0. The molecule has 0 radical (unpaired) electrons. The van der Waals surface area contributed by atoms with Crippen molar-refractivity contribution in [3.63, 3.8) is 0 Å². The van der Waals surface area contributed by atoms with Crippen LogP contribution >= 0.6 is 0 Å². The highest BCUT2D eigenvalue weighted by molar-refractivity contribution is 5.76. The van der Waals surface area contributed by atoms with Gasteiger partial charge in [-0.25, -0.2) is 0 Å². The van der Waals surface area contributed by atoms with Gasteiger partial charge in [0, 0.05) is 26.0 Å². The Bertz CT molecular complexity index is 198. The summed E-state index contributed by atoms with van der Waals surface area (Å²) in [5.74, 6) is 2.39. The van der Waals surface area contributed by atoms with E-state index >= 15 is 0 Å². The molecule has 4 heteroatoms. The van der Waals surface area contributed by atoms with Crippen LogP contribution in [-0.2, 0) is 14.3 Å². The van der Waals surface area contributed by atoms with Crippen molar-refractivity contribution < 1.29 is 14.3 Å². The maximum Gasteiger partial charge on any atom is 0.221 e. The van der Waals surface area contributed by atoms with E-state index in [1.807, 2.05) is 6.92 Å². The molecule has 4 nitrogen and oxygen atoms in total. The predicted octanol–water partition coefficient (Wildman–Crippen LogP) is 0.569. The Balaban J connectivity index is 3.10. The fraction of sp³-hybridized carbons (Fsp3) is 0.727. The lowest BCUT2D eigenvalue weighted by Crippen LogP contribution is -2.27. The molecule has 1 amide bonds. The highest BCUT2D eigenvalue weighted by atomic mass is 16.5. The van der Waals surface area contributed by atoms with E-state index in [1.165, 1.54) is 0 Å². The Labute approximate surface area is 91.3 Å². The maximum atomic E-state index is 11.1. The third-order valence-electron chi connectivity index (χ3n) is 1.64. The first-order valence-corrected chi connectivity index (χ1v) is 5.17. The molecule has 0 aliphatic rings. The van der Waals surface area contributed by atoms with E-state index < -0.39 is 0 Å². The van der Waals surface area contributed by atoms with Gasteiger partial charge in [-0.1, -0.05) is 0 Å². The van der Waals surface area contributed by atoms with Crippen molar-refractivity contribution in [2.75, 3.05) is 33.0 Å². The van der Waals surface area contributed by atoms with Crippen LogP contribution in [0.15, 0.2) is 0 Å². The van der Waals surface area contributed by atoms with Gasteiger partial charge in [-0.15, -0.1) is 12.3 Å². The van der Waals surface area contributed by atoms with Crippen molar-refractivity contribution in [2.45, 2.75) is 19.8 Å². The second-order valence-corrected chi connectivity index (χ2v) is 2.86. The van der Waals surface area contributed by atoms with Crippen LogP contribution in [0.25, 0.3) is 0 Å². The number of rotatable bonds is 9. The van der Waals surface area contributed by atoms with Crippen molar-refractivity contribution in [1.29, 1.82) is 0 Å². The fourth-order valence-corrected chi connectivity index (χ4v) is 0.901. The van der Waals surface area contributed by atoms with Gasteiger partial charge in [-0.2, -0.15) is 0 Å². The van der Waals surface area contributed by atoms with E-state index in [0.717, 1.165) is 0 Å². The van der Waals surface area contributed by atoms with Gasteiger partial charge in [0.25, 0.3) is 0 Å². The monoisotopic (exact) mass is 213 g/mol. The summed E-state index contributed by atoms with van der Waals surface area (Å²) in [6, 6.07) is 0. The molecular weight excluding hydrogens is 194 g/mol. The summed E-state index contributed by atoms with van der Waals surface area (Å²) in [7, 11) is 0. The van der Waals surface area contributed by atoms with E-state index in [2.05, 4.69) is 11.2 Å². The third kappa shape index (κ3) is 10.9. The standard InChI is InChI=1S/C11H19NO3/c1-3-5-6-11(13)12-7-8-15-10-9-14-4-2/h1H,4-10H2,2H3,(H,12,13). The number of nitrogens with one attached hydrogen (secondary N) is 1. The first kappa shape index (κ1) is 13.9. The van der Waals surface area contributed by atoms with Gasteiger partial charge in [-0.05, 0) is 6.92 Å². The summed E-state index contributed by atoms with van der Waals surface area (Å²) in [6.45, 7) is 4.83. The Morgan fingerprint density at radius 1 is 1.33 bits per heavy atom. The van der Waals surface area contributed by atoms with Crippen LogP contribution in [0.4, 0.5) is 0 Å². The first-order valence-electron chi connectivity index (χ1n) is 5.17. The van der Waals surface area contributed by atoms with E-state index in [9.17, 15) is 4.79 Å². The van der Waals surface area contributed by atoms with Crippen LogP contribution in [0, 0.1) is 12.3 Å². The molecule has 0 aliphatic carbocycles. The second-order valence-electron chi connectivity index (χ2n) is 2.86. The summed E-state index contributed by atoms with van der Waals surface area (Å²) in [6.07, 6.45) is 5.90. The Hall–Kier alpha value is -1.05. The Morgan fingerprint density at radius 2 is 2.07 bits per heavy atom. The number of amides is 1. The van der Waals surface area contributed by atoms with E-state index in [1.54, 1.807) is 0 Å². The Kier molecular flexibility index (Phi) is 10.3. The van der Waals surface area contributed by atoms with Gasteiger partial charge in [-0.3, -0.25) is 4.79 Å². The summed E-state index contributed by atoms with van der Waals surface area (Å²) >= 11 is 0. The molecule has 0 saturated carbocycles. The number of carbonyl (C=O) groups is 1. The van der Waals surface area contributed by atoms with Crippen LogP contribution in [0.5, 0.6) is 0 Å². The first-order chi connectivity index (χ1) is 7.31. The van der Waals surface area contributed by atoms with E-state index in [0.29, 0.717) is 45.8 Å². The van der Waals surface area contributed by atoms with Crippen molar-refractivity contribution >= 4 is 5.91 Å². The predicted molar refractivity (Wildman–Crippen MR) is 58.4 cm³/mol. The van der Waals surface area contributed by atoms with Crippen molar-refractivity contribution in [2.24, 2.45) is 0 Å². The van der Waals surface area contributed by atoms with Crippen molar-refractivity contribution in [3.05, 3.63) is 0 Å². The molecule has 0 unspecified atom stereocenters. The van der Waals surface area contributed by atoms with Crippen molar-refractivity contribution in [1.82, 2.24) is 5.32 Å². The minimum atomic E-state index is -0.0265. The Morgan fingerprint density at radius 3 is 2.73 bits per heavy atom. The zero-order valence-corrected chi connectivity index (χ0v) is 9.25. The second kappa shape index (κ2) is 11.0. The van der Waals surface area contributed by atoms with Gasteiger partial charge in [0.2, 0.25) is 5.91 Å². The fourth-order valence-electron chi connectivity index (χ4n) is 0.901. The van der Waals surface area contributed by atoms with Crippen LogP contribution in [0.1, 0.15) is 19.8 Å². The molecule has 0 aromatic carbocycles. The average Bonchev–Trinajstić information content (AvgIpc) is 2.25. The summed E-state index contributed by atoms with van der Waals surface area (Å²) in [4.78, 5) is 11.1. The van der Waals surface area contributed by atoms with Crippen LogP contribution < -0.4 is 5.32 Å². The number of carbonyl (C=O) groups excluding carboxylic acids is 1. The normalized spacial score (nSPS) is 9.60. The minimum Gasteiger partial charge on any atom is -0.379 e. The largest absolute Gasteiger partial charge is 0.379 e. The summed E-state index contributed by atoms with van der Waals surface area (Å²) < 4.78 is 10.3. The van der Waals surface area contributed by atoms with Gasteiger partial charge in [0.05, 0.1) is 19.8 Å². The molecule has 0 spiro atoms. The van der Waals surface area contributed by atoms with Crippen LogP contribution in [0.2, 0.25) is 0 Å². The topological polar surface area (TPSA) is 47.6 Å². The van der Waals surface area contributed by atoms with Crippen molar-refractivity contribution in [3.8, 4) is 12.3 Å².